The second kappa shape index (κ2) is 9.27. The molecule has 5 nitrogen and oxygen atoms in total. The second-order valence-electron chi connectivity index (χ2n) is 5.00. The molecule has 0 spiro atoms. The van der Waals surface area contributed by atoms with E-state index in [4.69, 9.17) is 14.2 Å². The smallest absolute Gasteiger partial charge is 0.347 e. The van der Waals surface area contributed by atoms with Gasteiger partial charge in [0.15, 0.2) is 11.5 Å². The predicted octanol–water partition coefficient (Wildman–Crippen LogP) is 3.78. The molecule has 0 atom stereocenters. The van der Waals surface area contributed by atoms with Crippen molar-refractivity contribution >= 4 is 11.9 Å². The Bertz CT molecular complexity index is 737. The van der Waals surface area contributed by atoms with Crippen LogP contribution in [0.15, 0.2) is 49.1 Å². The first-order chi connectivity index (χ1) is 12.2. The van der Waals surface area contributed by atoms with Crippen molar-refractivity contribution in [3.8, 4) is 17.2 Å². The zero-order chi connectivity index (χ0) is 18.1. The van der Waals surface area contributed by atoms with E-state index in [0.717, 1.165) is 18.9 Å². The monoisotopic (exact) mass is 338 g/mol. The molecule has 0 aromatic heterocycles. The fourth-order valence-corrected chi connectivity index (χ4v) is 1.93. The van der Waals surface area contributed by atoms with Crippen LogP contribution in [0.1, 0.15) is 30.1 Å². The van der Waals surface area contributed by atoms with Crippen molar-refractivity contribution in [3.63, 3.8) is 0 Å². The highest BCUT2D eigenvalue weighted by atomic mass is 16.6. The van der Waals surface area contributed by atoms with Crippen LogP contribution in [0, 0.1) is 12.1 Å². The van der Waals surface area contributed by atoms with E-state index in [1.54, 1.807) is 30.3 Å². The van der Waals surface area contributed by atoms with Crippen LogP contribution in [0.5, 0.6) is 17.2 Å². The Balaban J connectivity index is 2.30. The van der Waals surface area contributed by atoms with Gasteiger partial charge >= 0.3 is 11.9 Å². The summed E-state index contributed by atoms with van der Waals surface area (Å²) in [5, 5.41) is 0. The molecule has 2 radical (unpaired) electrons. The Kier molecular flexibility index (Phi) is 6.77. The highest BCUT2D eigenvalue weighted by Gasteiger charge is 2.20. The van der Waals surface area contributed by atoms with Crippen LogP contribution in [0.25, 0.3) is 0 Å². The summed E-state index contributed by atoms with van der Waals surface area (Å²) in [5.74, 6) is -0.744. The molecule has 2 rings (SSSR count). The van der Waals surface area contributed by atoms with Gasteiger partial charge in [-0.3, -0.25) is 0 Å². The Labute approximate surface area is 146 Å². The minimum Gasteiger partial charge on any atom is -0.489 e. The van der Waals surface area contributed by atoms with E-state index in [9.17, 15) is 9.59 Å². The van der Waals surface area contributed by atoms with Crippen LogP contribution in [0.4, 0.5) is 0 Å². The maximum absolute atomic E-state index is 12.5. The van der Waals surface area contributed by atoms with Crippen molar-refractivity contribution in [2.24, 2.45) is 0 Å². The third-order valence-electron chi connectivity index (χ3n) is 3.14. The quantitative estimate of drug-likeness (QED) is 0.317. The molecular formula is C20H18O5. The van der Waals surface area contributed by atoms with E-state index in [-0.39, 0.29) is 22.8 Å². The Morgan fingerprint density at radius 2 is 2.08 bits per heavy atom. The largest absolute Gasteiger partial charge is 0.489 e. The van der Waals surface area contributed by atoms with Crippen LogP contribution < -0.4 is 14.2 Å². The SMILES string of the molecule is C=CC(=O)Oc1cccc(C(=O)Oc2[c]cc[c]c2)c1OCCCC. The van der Waals surface area contributed by atoms with Crippen molar-refractivity contribution in [1.82, 2.24) is 0 Å². The lowest BCUT2D eigenvalue weighted by Gasteiger charge is -2.14. The number of carbonyl (C=O) groups is 2. The number of hydrogen-bond acceptors (Lipinski definition) is 5. The van der Waals surface area contributed by atoms with Crippen molar-refractivity contribution in [3.05, 3.63) is 66.7 Å². The van der Waals surface area contributed by atoms with Gasteiger partial charge in [-0.05, 0) is 36.8 Å². The van der Waals surface area contributed by atoms with Gasteiger partial charge in [0.1, 0.15) is 11.3 Å². The van der Waals surface area contributed by atoms with E-state index in [1.807, 2.05) is 6.92 Å². The molecule has 0 heterocycles. The number of unbranched alkanes of at least 4 members (excludes halogenated alkanes) is 1. The van der Waals surface area contributed by atoms with Gasteiger partial charge in [-0.1, -0.05) is 32.1 Å². The summed E-state index contributed by atoms with van der Waals surface area (Å²) in [5.41, 5.74) is 0.155. The number of carbonyl (C=O) groups excluding carboxylic acids is 2. The maximum atomic E-state index is 12.5. The second-order valence-corrected chi connectivity index (χ2v) is 5.00. The fourth-order valence-electron chi connectivity index (χ4n) is 1.93. The van der Waals surface area contributed by atoms with Crippen LogP contribution in [0.3, 0.4) is 0 Å². The van der Waals surface area contributed by atoms with Gasteiger partial charge in [-0.15, -0.1) is 0 Å². The fraction of sp³-hybridized carbons (Fsp3) is 0.200. The van der Waals surface area contributed by atoms with Crippen molar-refractivity contribution in [2.75, 3.05) is 6.61 Å². The van der Waals surface area contributed by atoms with Gasteiger partial charge < -0.3 is 14.2 Å². The molecule has 0 amide bonds. The third-order valence-corrected chi connectivity index (χ3v) is 3.14. The Morgan fingerprint density at radius 3 is 2.76 bits per heavy atom. The highest BCUT2D eigenvalue weighted by molar-refractivity contribution is 5.95. The standard InChI is InChI=1S/C20H18O5/c1-3-5-14-23-19-16(12-9-13-17(19)25-18(21)4-2)20(22)24-15-10-7-6-8-11-15/h4,6-7,9,11-13H,2-3,5,14H2,1H3. The first-order valence-corrected chi connectivity index (χ1v) is 7.85. The molecule has 0 saturated heterocycles. The molecule has 2 aromatic rings. The number of ether oxygens (including phenoxy) is 3. The molecule has 0 aliphatic carbocycles. The number of esters is 2. The zero-order valence-electron chi connectivity index (χ0n) is 13.9. The van der Waals surface area contributed by atoms with Gasteiger partial charge in [0.25, 0.3) is 0 Å². The normalized spacial score (nSPS) is 9.96. The molecule has 0 saturated carbocycles. The lowest BCUT2D eigenvalue weighted by molar-refractivity contribution is -0.129. The summed E-state index contributed by atoms with van der Waals surface area (Å²) in [6.07, 6.45) is 2.75. The number of benzene rings is 2. The van der Waals surface area contributed by atoms with E-state index < -0.39 is 11.9 Å². The zero-order valence-corrected chi connectivity index (χ0v) is 13.9. The van der Waals surface area contributed by atoms with E-state index >= 15 is 0 Å². The van der Waals surface area contributed by atoms with Gasteiger partial charge in [0.05, 0.1) is 6.61 Å². The molecule has 0 fully saturated rings. The van der Waals surface area contributed by atoms with Crippen LogP contribution in [-0.2, 0) is 4.79 Å². The lowest BCUT2D eigenvalue weighted by Crippen LogP contribution is -2.13. The van der Waals surface area contributed by atoms with Crippen molar-refractivity contribution in [2.45, 2.75) is 19.8 Å². The number of rotatable bonds is 8. The molecule has 25 heavy (non-hydrogen) atoms. The summed E-state index contributed by atoms with van der Waals surface area (Å²) in [6, 6.07) is 15.0. The van der Waals surface area contributed by atoms with Crippen LogP contribution in [-0.4, -0.2) is 18.5 Å². The molecule has 0 aliphatic rings. The highest BCUT2D eigenvalue weighted by Crippen LogP contribution is 2.32. The summed E-state index contributed by atoms with van der Waals surface area (Å²) in [7, 11) is 0. The van der Waals surface area contributed by atoms with Crippen molar-refractivity contribution in [1.29, 1.82) is 0 Å². The summed E-state index contributed by atoms with van der Waals surface area (Å²) >= 11 is 0. The molecule has 128 valence electrons. The van der Waals surface area contributed by atoms with Gasteiger partial charge in [0.2, 0.25) is 0 Å². The van der Waals surface area contributed by atoms with Crippen LogP contribution in [0.2, 0.25) is 0 Å². The van der Waals surface area contributed by atoms with Crippen molar-refractivity contribution < 1.29 is 23.8 Å². The summed E-state index contributed by atoms with van der Waals surface area (Å²) in [6.45, 7) is 5.76. The molecule has 0 aliphatic heterocycles. The number of para-hydroxylation sites is 1. The van der Waals surface area contributed by atoms with Gasteiger partial charge in [-0.2, -0.15) is 0 Å². The molecule has 0 unspecified atom stereocenters. The lowest BCUT2D eigenvalue weighted by atomic mass is 10.2. The van der Waals surface area contributed by atoms with E-state index in [2.05, 4.69) is 18.7 Å². The Hall–Kier alpha value is -3.08. The van der Waals surface area contributed by atoms with Crippen LogP contribution >= 0.6 is 0 Å². The minimum atomic E-state index is -0.642. The van der Waals surface area contributed by atoms with Gasteiger partial charge in [0, 0.05) is 12.1 Å². The Morgan fingerprint density at radius 1 is 1.24 bits per heavy atom. The number of hydrogen-bond donors (Lipinski definition) is 0. The summed E-state index contributed by atoms with van der Waals surface area (Å²) < 4.78 is 16.1. The first kappa shape index (κ1) is 18.3. The summed E-state index contributed by atoms with van der Waals surface area (Å²) in [4.78, 5) is 24.0. The molecule has 2 aromatic carbocycles. The minimum absolute atomic E-state index is 0.138. The topological polar surface area (TPSA) is 61.8 Å². The molecule has 0 N–H and O–H groups in total. The van der Waals surface area contributed by atoms with E-state index in [0.29, 0.717) is 6.61 Å². The third kappa shape index (κ3) is 5.21. The van der Waals surface area contributed by atoms with E-state index in [1.165, 1.54) is 6.07 Å². The molecular weight excluding hydrogens is 320 g/mol. The van der Waals surface area contributed by atoms with Gasteiger partial charge in [-0.25, -0.2) is 9.59 Å². The maximum Gasteiger partial charge on any atom is 0.347 e. The molecule has 0 bridgehead atoms. The average Bonchev–Trinajstić information content (AvgIpc) is 2.63. The predicted molar refractivity (Wildman–Crippen MR) is 91.7 cm³/mol. The molecule has 5 heteroatoms. The average molecular weight is 338 g/mol. The first-order valence-electron chi connectivity index (χ1n) is 7.85.